The van der Waals surface area contributed by atoms with Gasteiger partial charge in [-0.15, -0.1) is 0 Å². The number of carbonyl (C=O) groups excluding carboxylic acids is 1. The highest BCUT2D eigenvalue weighted by Gasteiger charge is 2.27. The predicted octanol–water partition coefficient (Wildman–Crippen LogP) is 1.06. The third-order valence-corrected chi connectivity index (χ3v) is 2.30. The second-order valence-corrected chi connectivity index (χ2v) is 3.32. The summed E-state index contributed by atoms with van der Waals surface area (Å²) in [4.78, 5) is 26.3. The molecule has 0 saturated heterocycles. The quantitative estimate of drug-likeness (QED) is 0.435. The second kappa shape index (κ2) is 4.20. The molecule has 1 aromatic carbocycles. The van der Waals surface area contributed by atoms with Gasteiger partial charge in [-0.2, -0.15) is 0 Å². The minimum Gasteiger partial charge on any atom is -0.464 e. The number of esters is 1. The molecule has 0 amide bonds. The summed E-state index contributed by atoms with van der Waals surface area (Å²) in [5.74, 6) is -0.535. The maximum atomic E-state index is 11.2. The molecule has 0 N–H and O–H groups in total. The maximum absolute atomic E-state index is 11.2. The second-order valence-electron chi connectivity index (χ2n) is 3.32. The van der Waals surface area contributed by atoms with Gasteiger partial charge in [-0.3, -0.25) is 10.1 Å². The van der Waals surface area contributed by atoms with E-state index in [0.29, 0.717) is 5.56 Å². The first kappa shape index (κ1) is 11.1. The van der Waals surface area contributed by atoms with Gasteiger partial charge in [-0.05, 0) is 0 Å². The molecule has 0 spiro atoms. The third kappa shape index (κ3) is 1.94. The van der Waals surface area contributed by atoms with Crippen LogP contribution in [-0.4, -0.2) is 23.7 Å². The molecule has 1 aliphatic rings. The van der Waals surface area contributed by atoms with Crippen LogP contribution in [0.25, 0.3) is 0 Å². The van der Waals surface area contributed by atoms with Crippen LogP contribution in [0.1, 0.15) is 5.56 Å². The number of carbonyl (C=O) groups is 1. The highest BCUT2D eigenvalue weighted by Crippen LogP contribution is 2.33. The van der Waals surface area contributed by atoms with Crippen molar-refractivity contribution in [3.8, 4) is 5.75 Å². The van der Waals surface area contributed by atoms with Crippen LogP contribution in [0, 0.1) is 10.1 Å². The summed E-state index contributed by atoms with van der Waals surface area (Å²) in [6.07, 6.45) is 0.156. The first-order valence-corrected chi connectivity index (χ1v) is 4.72. The molecule has 0 bridgehead atoms. The molecule has 88 valence electrons. The van der Waals surface area contributed by atoms with Gasteiger partial charge in [0.05, 0.1) is 12.0 Å². The Balaban J connectivity index is 2.37. The van der Waals surface area contributed by atoms with Crippen LogP contribution in [0.4, 0.5) is 5.69 Å². The van der Waals surface area contributed by atoms with Gasteiger partial charge in [0.15, 0.2) is 5.71 Å². The third-order valence-electron chi connectivity index (χ3n) is 2.30. The van der Waals surface area contributed by atoms with Crippen molar-refractivity contribution in [3.05, 3.63) is 33.9 Å². The minimum atomic E-state index is -0.609. The van der Waals surface area contributed by atoms with E-state index in [4.69, 9.17) is 4.84 Å². The van der Waals surface area contributed by atoms with Gasteiger partial charge in [-0.25, -0.2) is 4.79 Å². The summed E-state index contributed by atoms with van der Waals surface area (Å²) in [5.41, 5.74) is 0.449. The highest BCUT2D eigenvalue weighted by molar-refractivity contribution is 6.37. The van der Waals surface area contributed by atoms with Crippen molar-refractivity contribution in [1.82, 2.24) is 0 Å². The van der Waals surface area contributed by atoms with E-state index in [1.807, 2.05) is 0 Å². The van der Waals surface area contributed by atoms with E-state index in [2.05, 4.69) is 9.89 Å². The molecule has 1 aliphatic heterocycles. The Kier molecular flexibility index (Phi) is 2.73. The molecule has 0 aliphatic carbocycles. The number of fused-ring (bicyclic) bond motifs is 1. The number of ether oxygens (including phenoxy) is 1. The largest absolute Gasteiger partial charge is 0.464 e. The normalized spacial score (nSPS) is 13.1. The molecule has 0 radical (unpaired) electrons. The van der Waals surface area contributed by atoms with Crippen molar-refractivity contribution >= 4 is 17.4 Å². The van der Waals surface area contributed by atoms with Gasteiger partial charge < -0.3 is 9.57 Å². The van der Waals surface area contributed by atoms with Gasteiger partial charge in [0.25, 0.3) is 0 Å². The molecule has 0 fully saturated rings. The molecular weight excluding hydrogens is 228 g/mol. The molecule has 1 heterocycles. The van der Waals surface area contributed by atoms with E-state index in [-0.39, 0.29) is 23.6 Å². The Morgan fingerprint density at radius 1 is 1.59 bits per heavy atom. The summed E-state index contributed by atoms with van der Waals surface area (Å²) in [6, 6.07) is 4.48. The minimum absolute atomic E-state index is 0.0742. The zero-order valence-corrected chi connectivity index (χ0v) is 8.87. The van der Waals surface area contributed by atoms with Crippen LogP contribution in [0.5, 0.6) is 5.75 Å². The first-order valence-electron chi connectivity index (χ1n) is 4.72. The number of hydrogen-bond donors (Lipinski definition) is 0. The van der Waals surface area contributed by atoms with Crippen molar-refractivity contribution in [3.63, 3.8) is 0 Å². The van der Waals surface area contributed by atoms with Crippen LogP contribution < -0.4 is 4.84 Å². The summed E-state index contributed by atoms with van der Waals surface area (Å²) < 4.78 is 4.50. The molecule has 0 atom stereocenters. The molecule has 2 rings (SSSR count). The molecular formula is C10H8N2O5. The average molecular weight is 236 g/mol. The van der Waals surface area contributed by atoms with E-state index in [9.17, 15) is 14.9 Å². The van der Waals surface area contributed by atoms with Crippen molar-refractivity contribution in [2.24, 2.45) is 5.16 Å². The average Bonchev–Trinajstić information content (AvgIpc) is 2.36. The van der Waals surface area contributed by atoms with Gasteiger partial charge in [0.2, 0.25) is 5.75 Å². The Labute approximate surface area is 95.8 Å². The number of rotatable bonds is 2. The number of para-hydroxylation sites is 1. The lowest BCUT2D eigenvalue weighted by Gasteiger charge is -2.13. The number of oxime groups is 1. The number of hydrogen-bond acceptors (Lipinski definition) is 6. The van der Waals surface area contributed by atoms with Gasteiger partial charge in [-0.1, -0.05) is 17.3 Å². The van der Waals surface area contributed by atoms with Gasteiger partial charge >= 0.3 is 11.7 Å². The zero-order chi connectivity index (χ0) is 12.4. The Bertz CT molecular complexity index is 523. The van der Waals surface area contributed by atoms with Gasteiger partial charge in [0.1, 0.15) is 0 Å². The van der Waals surface area contributed by atoms with Crippen LogP contribution in [0.15, 0.2) is 23.4 Å². The van der Waals surface area contributed by atoms with Gasteiger partial charge in [0, 0.05) is 18.1 Å². The molecule has 1 aromatic rings. The number of benzene rings is 1. The van der Waals surface area contributed by atoms with E-state index < -0.39 is 10.9 Å². The van der Waals surface area contributed by atoms with Crippen molar-refractivity contribution < 1.29 is 19.3 Å². The lowest BCUT2D eigenvalue weighted by Crippen LogP contribution is -2.22. The summed E-state index contributed by atoms with van der Waals surface area (Å²) >= 11 is 0. The maximum Gasteiger partial charge on any atom is 0.356 e. The zero-order valence-electron chi connectivity index (χ0n) is 8.87. The predicted molar refractivity (Wildman–Crippen MR) is 56.9 cm³/mol. The van der Waals surface area contributed by atoms with Crippen molar-refractivity contribution in [2.75, 3.05) is 7.11 Å². The number of nitrogens with zero attached hydrogens (tertiary/aromatic N) is 2. The topological polar surface area (TPSA) is 91.0 Å². The molecule has 0 aromatic heterocycles. The standard InChI is InChI=1S/C10H8N2O5/c1-16-10(13)7-5-6-3-2-4-8(12(14)15)9(6)17-11-7/h2-4H,5H2,1H3. The van der Waals surface area contributed by atoms with Crippen LogP contribution >= 0.6 is 0 Å². The van der Waals surface area contributed by atoms with Crippen molar-refractivity contribution in [1.29, 1.82) is 0 Å². The highest BCUT2D eigenvalue weighted by atomic mass is 16.7. The SMILES string of the molecule is COC(=O)C1=NOc2c(cccc2[N+](=O)[O-])C1. The van der Waals surface area contributed by atoms with Crippen LogP contribution in [-0.2, 0) is 16.0 Å². The smallest absolute Gasteiger partial charge is 0.356 e. The summed E-state index contributed by atoms with van der Waals surface area (Å²) in [7, 11) is 1.23. The number of nitro groups is 1. The number of nitro benzene ring substituents is 1. The fourth-order valence-electron chi connectivity index (χ4n) is 1.50. The Morgan fingerprint density at radius 3 is 3.00 bits per heavy atom. The summed E-state index contributed by atoms with van der Waals surface area (Å²) in [5, 5.41) is 14.3. The van der Waals surface area contributed by atoms with E-state index in [1.54, 1.807) is 6.07 Å². The lowest BCUT2D eigenvalue weighted by atomic mass is 10.1. The first-order chi connectivity index (χ1) is 8.13. The fourth-order valence-corrected chi connectivity index (χ4v) is 1.50. The molecule has 0 unspecified atom stereocenters. The van der Waals surface area contributed by atoms with E-state index in [1.165, 1.54) is 19.2 Å². The Hall–Kier alpha value is -2.44. The van der Waals surface area contributed by atoms with Crippen LogP contribution in [0.2, 0.25) is 0 Å². The fraction of sp³-hybridized carbons (Fsp3) is 0.200. The lowest BCUT2D eigenvalue weighted by molar-refractivity contribution is -0.386. The summed E-state index contributed by atoms with van der Waals surface area (Å²) in [6.45, 7) is 0. The van der Waals surface area contributed by atoms with E-state index >= 15 is 0 Å². The Morgan fingerprint density at radius 2 is 2.35 bits per heavy atom. The molecule has 17 heavy (non-hydrogen) atoms. The van der Waals surface area contributed by atoms with Crippen LogP contribution in [0.3, 0.4) is 0 Å². The molecule has 0 saturated carbocycles. The van der Waals surface area contributed by atoms with Crippen molar-refractivity contribution in [2.45, 2.75) is 6.42 Å². The molecule has 7 heteroatoms. The molecule has 7 nitrogen and oxygen atoms in total. The monoisotopic (exact) mass is 236 g/mol. The van der Waals surface area contributed by atoms with E-state index in [0.717, 1.165) is 0 Å². The number of methoxy groups -OCH3 is 1.